The second kappa shape index (κ2) is 6.17. The SMILES string of the molecule is C=C1C2=C(Nc3ccccc3SC2c2cc(C)cc(C)c2)c2ccccc21. The summed E-state index contributed by atoms with van der Waals surface area (Å²) in [5.74, 6) is 0. The van der Waals surface area contributed by atoms with Crippen LogP contribution in [-0.2, 0) is 0 Å². The summed E-state index contributed by atoms with van der Waals surface area (Å²) in [5, 5.41) is 3.95. The van der Waals surface area contributed by atoms with Crippen molar-refractivity contribution in [1.82, 2.24) is 0 Å². The molecule has 3 aromatic rings. The molecular weight excluding hydrogens is 346 g/mol. The fourth-order valence-electron chi connectivity index (χ4n) is 4.22. The van der Waals surface area contributed by atoms with E-state index >= 15 is 0 Å². The lowest BCUT2D eigenvalue weighted by Crippen LogP contribution is -2.02. The largest absolute Gasteiger partial charge is 0.354 e. The zero-order valence-corrected chi connectivity index (χ0v) is 16.4. The molecule has 1 atom stereocenters. The predicted molar refractivity (Wildman–Crippen MR) is 117 cm³/mol. The van der Waals surface area contributed by atoms with Gasteiger partial charge in [0.05, 0.1) is 16.6 Å². The Balaban J connectivity index is 1.77. The standard InChI is InChI=1S/C25H21NS/c1-15-12-16(2)14-18(13-15)25-23-17(3)19-8-4-5-9-20(19)24(23)26-21-10-6-7-11-22(21)27-25/h4-14,25-26H,3H2,1-2H3. The quantitative estimate of drug-likeness (QED) is 0.497. The predicted octanol–water partition coefficient (Wildman–Crippen LogP) is 7.00. The zero-order valence-electron chi connectivity index (χ0n) is 15.5. The van der Waals surface area contributed by atoms with Crippen molar-refractivity contribution < 1.29 is 0 Å². The van der Waals surface area contributed by atoms with Crippen LogP contribution in [0, 0.1) is 13.8 Å². The van der Waals surface area contributed by atoms with Gasteiger partial charge < -0.3 is 5.32 Å². The number of benzene rings is 3. The maximum atomic E-state index is 4.49. The molecule has 1 heterocycles. The van der Waals surface area contributed by atoms with Gasteiger partial charge in [-0.05, 0) is 42.7 Å². The van der Waals surface area contributed by atoms with Gasteiger partial charge in [0.15, 0.2) is 0 Å². The Hall–Kier alpha value is -2.71. The summed E-state index contributed by atoms with van der Waals surface area (Å²) in [7, 11) is 0. The van der Waals surface area contributed by atoms with Crippen LogP contribution in [0.1, 0.15) is 33.1 Å². The Morgan fingerprint density at radius 2 is 1.52 bits per heavy atom. The summed E-state index contributed by atoms with van der Waals surface area (Å²) in [6, 6.07) is 24.1. The van der Waals surface area contributed by atoms with Crippen LogP contribution < -0.4 is 5.32 Å². The van der Waals surface area contributed by atoms with Crippen molar-refractivity contribution in [2.45, 2.75) is 24.0 Å². The summed E-state index contributed by atoms with van der Waals surface area (Å²) in [6.45, 7) is 8.85. The minimum atomic E-state index is 0.217. The van der Waals surface area contributed by atoms with E-state index in [4.69, 9.17) is 0 Å². The van der Waals surface area contributed by atoms with Crippen molar-refractivity contribution in [3.63, 3.8) is 0 Å². The average Bonchev–Trinajstić information content (AvgIpc) is 2.83. The number of fused-ring (bicyclic) bond motifs is 3. The van der Waals surface area contributed by atoms with Gasteiger partial charge in [-0.1, -0.05) is 72.3 Å². The van der Waals surface area contributed by atoms with Crippen LogP contribution in [0.4, 0.5) is 5.69 Å². The van der Waals surface area contributed by atoms with Gasteiger partial charge in [0.1, 0.15) is 0 Å². The van der Waals surface area contributed by atoms with Crippen molar-refractivity contribution >= 4 is 28.7 Å². The maximum absolute atomic E-state index is 4.49. The molecule has 1 N–H and O–H groups in total. The van der Waals surface area contributed by atoms with Crippen molar-refractivity contribution in [1.29, 1.82) is 0 Å². The molecule has 0 aromatic heterocycles. The first kappa shape index (κ1) is 16.5. The number of anilines is 1. The molecule has 1 aliphatic carbocycles. The highest BCUT2D eigenvalue weighted by atomic mass is 32.2. The number of hydrogen-bond donors (Lipinski definition) is 1. The van der Waals surface area contributed by atoms with Crippen LogP contribution in [0.2, 0.25) is 0 Å². The summed E-state index contributed by atoms with van der Waals surface area (Å²) < 4.78 is 0. The number of rotatable bonds is 1. The molecule has 3 aromatic carbocycles. The van der Waals surface area contributed by atoms with E-state index in [0.717, 1.165) is 5.57 Å². The average molecular weight is 368 g/mol. The van der Waals surface area contributed by atoms with E-state index in [2.05, 4.69) is 92.5 Å². The Bertz CT molecular complexity index is 1100. The van der Waals surface area contributed by atoms with Crippen LogP contribution in [0.5, 0.6) is 0 Å². The Morgan fingerprint density at radius 1 is 0.852 bits per heavy atom. The fraction of sp³-hybridized carbons (Fsp3) is 0.120. The smallest absolute Gasteiger partial charge is 0.0621 e. The Kier molecular flexibility index (Phi) is 3.76. The van der Waals surface area contributed by atoms with E-state index in [1.54, 1.807) is 0 Å². The third-order valence-corrected chi connectivity index (χ3v) is 6.67. The molecule has 1 aliphatic heterocycles. The van der Waals surface area contributed by atoms with E-state index in [-0.39, 0.29) is 5.25 Å². The van der Waals surface area contributed by atoms with E-state index < -0.39 is 0 Å². The normalized spacial score (nSPS) is 17.7. The monoisotopic (exact) mass is 367 g/mol. The van der Waals surface area contributed by atoms with Crippen LogP contribution in [-0.4, -0.2) is 0 Å². The molecule has 27 heavy (non-hydrogen) atoms. The molecule has 0 amide bonds. The van der Waals surface area contributed by atoms with Gasteiger partial charge >= 0.3 is 0 Å². The molecule has 1 unspecified atom stereocenters. The Labute approximate surface area is 164 Å². The molecule has 132 valence electrons. The Morgan fingerprint density at radius 3 is 2.30 bits per heavy atom. The number of para-hydroxylation sites is 1. The van der Waals surface area contributed by atoms with Gasteiger partial charge in [0.25, 0.3) is 0 Å². The molecule has 0 saturated heterocycles. The molecule has 0 saturated carbocycles. The van der Waals surface area contributed by atoms with Gasteiger partial charge in [-0.3, -0.25) is 0 Å². The molecular formula is C25H21NS. The van der Waals surface area contributed by atoms with Crippen molar-refractivity contribution in [3.8, 4) is 0 Å². The van der Waals surface area contributed by atoms with Gasteiger partial charge in [0, 0.05) is 16.0 Å². The van der Waals surface area contributed by atoms with Crippen LogP contribution in [0.3, 0.4) is 0 Å². The summed E-state index contributed by atoms with van der Waals surface area (Å²) in [5.41, 5.74) is 11.3. The minimum Gasteiger partial charge on any atom is -0.354 e. The first-order valence-corrected chi connectivity index (χ1v) is 10.1. The highest BCUT2D eigenvalue weighted by molar-refractivity contribution is 8.00. The van der Waals surface area contributed by atoms with Crippen molar-refractivity contribution in [2.75, 3.05) is 5.32 Å². The van der Waals surface area contributed by atoms with Gasteiger partial charge in [-0.25, -0.2) is 0 Å². The summed E-state index contributed by atoms with van der Waals surface area (Å²) in [6.07, 6.45) is 0. The van der Waals surface area contributed by atoms with E-state index in [0.29, 0.717) is 0 Å². The van der Waals surface area contributed by atoms with Gasteiger partial charge in [-0.2, -0.15) is 0 Å². The first-order valence-electron chi connectivity index (χ1n) is 9.26. The lowest BCUT2D eigenvalue weighted by molar-refractivity contribution is 1.15. The topological polar surface area (TPSA) is 12.0 Å². The van der Waals surface area contributed by atoms with Crippen molar-refractivity contribution in [3.05, 3.63) is 107 Å². The van der Waals surface area contributed by atoms with Crippen molar-refractivity contribution in [2.24, 2.45) is 0 Å². The first-order chi connectivity index (χ1) is 13.1. The highest BCUT2D eigenvalue weighted by Crippen LogP contribution is 2.55. The third kappa shape index (κ3) is 2.64. The van der Waals surface area contributed by atoms with E-state index in [9.17, 15) is 0 Å². The van der Waals surface area contributed by atoms with Crippen LogP contribution in [0.15, 0.2) is 83.8 Å². The molecule has 0 spiro atoms. The van der Waals surface area contributed by atoms with E-state index in [1.165, 1.54) is 49.7 Å². The number of aryl methyl sites for hydroxylation is 2. The molecule has 0 radical (unpaired) electrons. The second-order valence-electron chi connectivity index (χ2n) is 7.35. The van der Waals surface area contributed by atoms with Gasteiger partial charge in [-0.15, -0.1) is 11.8 Å². The summed E-state index contributed by atoms with van der Waals surface area (Å²) >= 11 is 1.92. The molecule has 0 bridgehead atoms. The molecule has 2 heteroatoms. The zero-order chi connectivity index (χ0) is 18.5. The van der Waals surface area contributed by atoms with Gasteiger partial charge in [0.2, 0.25) is 0 Å². The summed E-state index contributed by atoms with van der Waals surface area (Å²) in [4.78, 5) is 1.28. The van der Waals surface area contributed by atoms with Crippen LogP contribution in [0.25, 0.3) is 11.3 Å². The number of allylic oxidation sites excluding steroid dienone is 1. The number of hydrogen-bond acceptors (Lipinski definition) is 2. The fourth-order valence-corrected chi connectivity index (χ4v) is 5.53. The maximum Gasteiger partial charge on any atom is 0.0621 e. The van der Waals surface area contributed by atoms with E-state index in [1.807, 2.05) is 11.8 Å². The minimum absolute atomic E-state index is 0.217. The molecule has 5 rings (SSSR count). The lowest BCUT2D eigenvalue weighted by atomic mass is 9.96. The highest BCUT2D eigenvalue weighted by Gasteiger charge is 2.34. The molecule has 0 fully saturated rings. The number of thioether (sulfide) groups is 1. The lowest BCUT2D eigenvalue weighted by Gasteiger charge is -2.20. The third-order valence-electron chi connectivity index (χ3n) is 5.32. The van der Waals surface area contributed by atoms with Crippen LogP contribution >= 0.6 is 11.8 Å². The number of nitrogens with one attached hydrogen (secondary N) is 1. The molecule has 1 nitrogen and oxygen atoms in total. The second-order valence-corrected chi connectivity index (χ2v) is 8.50. The molecule has 2 aliphatic rings.